The Balaban J connectivity index is 1.73. The normalized spacial score (nSPS) is 10.3. The van der Waals surface area contributed by atoms with Crippen LogP contribution in [0.4, 0.5) is 5.13 Å². The summed E-state index contributed by atoms with van der Waals surface area (Å²) in [5.41, 5.74) is 3.13. The molecule has 0 saturated carbocycles. The van der Waals surface area contributed by atoms with Gasteiger partial charge in [-0.25, -0.2) is 4.98 Å². The summed E-state index contributed by atoms with van der Waals surface area (Å²) in [5.74, 6) is 1.48. The van der Waals surface area contributed by atoms with Crippen molar-refractivity contribution in [1.82, 2.24) is 4.98 Å². The third-order valence-corrected chi connectivity index (χ3v) is 4.29. The zero-order valence-corrected chi connectivity index (χ0v) is 13.9. The molecule has 0 radical (unpaired) electrons. The number of para-hydroxylation sites is 1. The molecule has 0 unspecified atom stereocenters. The Bertz CT molecular complexity index is 772. The quantitative estimate of drug-likeness (QED) is 0.727. The molecule has 0 aliphatic rings. The van der Waals surface area contributed by atoms with Gasteiger partial charge in [0.1, 0.15) is 0 Å². The van der Waals surface area contributed by atoms with Gasteiger partial charge in [-0.1, -0.05) is 42.5 Å². The molecule has 5 heteroatoms. The molecule has 1 N–H and O–H groups in total. The Kier molecular flexibility index (Phi) is 4.78. The number of anilines is 1. The Hall–Kier alpha value is -2.53. The van der Waals surface area contributed by atoms with Crippen LogP contribution in [0, 0.1) is 0 Å². The van der Waals surface area contributed by atoms with Gasteiger partial charge >= 0.3 is 0 Å². The molecule has 2 aromatic carbocycles. The maximum absolute atomic E-state index is 5.45. The largest absolute Gasteiger partial charge is 0.493 e. The summed E-state index contributed by atoms with van der Waals surface area (Å²) in [6.45, 7) is 0.627. The molecule has 0 fully saturated rings. The molecule has 0 spiro atoms. The maximum atomic E-state index is 5.45. The molecule has 3 aromatic rings. The van der Waals surface area contributed by atoms with Gasteiger partial charge in [0.2, 0.25) is 0 Å². The number of nitrogens with one attached hydrogen (secondary N) is 1. The predicted octanol–water partition coefficient (Wildman–Crippen LogP) is 4.44. The number of methoxy groups -OCH3 is 2. The zero-order valence-electron chi connectivity index (χ0n) is 13.1. The summed E-state index contributed by atoms with van der Waals surface area (Å²) in [6, 6.07) is 16.0. The SMILES string of the molecule is COc1cccc(CNc2nc(-c3ccccc3)cs2)c1OC. The smallest absolute Gasteiger partial charge is 0.183 e. The third-order valence-electron chi connectivity index (χ3n) is 3.49. The molecule has 118 valence electrons. The lowest BCUT2D eigenvalue weighted by Crippen LogP contribution is -2.02. The van der Waals surface area contributed by atoms with E-state index in [0.717, 1.165) is 33.5 Å². The monoisotopic (exact) mass is 326 g/mol. The second kappa shape index (κ2) is 7.15. The van der Waals surface area contributed by atoms with E-state index in [1.54, 1.807) is 25.6 Å². The van der Waals surface area contributed by atoms with Crippen LogP contribution < -0.4 is 14.8 Å². The van der Waals surface area contributed by atoms with E-state index in [0.29, 0.717) is 6.54 Å². The first kappa shape index (κ1) is 15.4. The van der Waals surface area contributed by atoms with E-state index >= 15 is 0 Å². The molecule has 3 rings (SSSR count). The molecule has 0 aliphatic heterocycles. The van der Waals surface area contributed by atoms with E-state index < -0.39 is 0 Å². The van der Waals surface area contributed by atoms with Crippen LogP contribution >= 0.6 is 11.3 Å². The van der Waals surface area contributed by atoms with Crippen molar-refractivity contribution in [2.75, 3.05) is 19.5 Å². The zero-order chi connectivity index (χ0) is 16.1. The van der Waals surface area contributed by atoms with Gasteiger partial charge in [0.25, 0.3) is 0 Å². The highest BCUT2D eigenvalue weighted by atomic mass is 32.1. The Morgan fingerprint density at radius 3 is 2.57 bits per heavy atom. The standard InChI is InChI=1S/C18H18N2O2S/c1-21-16-10-6-9-14(17(16)22-2)11-19-18-20-15(12-23-18)13-7-4-3-5-8-13/h3-10,12H,11H2,1-2H3,(H,19,20). The van der Waals surface area contributed by atoms with Gasteiger partial charge in [0.05, 0.1) is 19.9 Å². The molecule has 0 aliphatic carbocycles. The van der Waals surface area contributed by atoms with Gasteiger partial charge in [-0.05, 0) is 6.07 Å². The minimum absolute atomic E-state index is 0.627. The third kappa shape index (κ3) is 3.46. The number of aromatic nitrogens is 1. The van der Waals surface area contributed by atoms with Gasteiger partial charge in [-0.3, -0.25) is 0 Å². The van der Waals surface area contributed by atoms with Crippen molar-refractivity contribution in [3.05, 3.63) is 59.5 Å². The van der Waals surface area contributed by atoms with Crippen LogP contribution in [0.15, 0.2) is 53.9 Å². The van der Waals surface area contributed by atoms with Gasteiger partial charge in [-0.15, -0.1) is 11.3 Å². The Morgan fingerprint density at radius 1 is 1.00 bits per heavy atom. The number of nitrogens with zero attached hydrogens (tertiary/aromatic N) is 1. The van der Waals surface area contributed by atoms with Gasteiger partial charge in [0, 0.05) is 23.1 Å². The van der Waals surface area contributed by atoms with Crippen LogP contribution in [0.25, 0.3) is 11.3 Å². The van der Waals surface area contributed by atoms with Crippen LogP contribution in [-0.4, -0.2) is 19.2 Å². The van der Waals surface area contributed by atoms with Gasteiger partial charge < -0.3 is 14.8 Å². The lowest BCUT2D eigenvalue weighted by atomic mass is 10.2. The molecular weight excluding hydrogens is 308 g/mol. The molecule has 0 atom stereocenters. The first-order valence-electron chi connectivity index (χ1n) is 7.26. The first-order valence-corrected chi connectivity index (χ1v) is 8.14. The van der Waals surface area contributed by atoms with E-state index in [4.69, 9.17) is 9.47 Å². The number of ether oxygens (including phenoxy) is 2. The summed E-state index contributed by atoms with van der Waals surface area (Å²) < 4.78 is 10.8. The van der Waals surface area contributed by atoms with Crippen molar-refractivity contribution in [2.24, 2.45) is 0 Å². The summed E-state index contributed by atoms with van der Waals surface area (Å²) in [6.07, 6.45) is 0. The second-order valence-corrected chi connectivity index (χ2v) is 5.77. The van der Waals surface area contributed by atoms with E-state index in [9.17, 15) is 0 Å². The lowest BCUT2D eigenvalue weighted by molar-refractivity contribution is 0.352. The van der Waals surface area contributed by atoms with Crippen molar-refractivity contribution in [2.45, 2.75) is 6.54 Å². The van der Waals surface area contributed by atoms with Crippen molar-refractivity contribution in [3.63, 3.8) is 0 Å². The fourth-order valence-corrected chi connectivity index (χ4v) is 3.08. The molecule has 0 bridgehead atoms. The van der Waals surface area contributed by atoms with E-state index in [1.165, 1.54) is 0 Å². The molecule has 1 heterocycles. The van der Waals surface area contributed by atoms with Crippen LogP contribution in [-0.2, 0) is 6.54 Å². The molecule has 4 nitrogen and oxygen atoms in total. The maximum Gasteiger partial charge on any atom is 0.183 e. The second-order valence-electron chi connectivity index (χ2n) is 4.91. The summed E-state index contributed by atoms with van der Waals surface area (Å²) in [5, 5.41) is 6.29. The van der Waals surface area contributed by atoms with Crippen LogP contribution in [0.2, 0.25) is 0 Å². The highest BCUT2D eigenvalue weighted by Crippen LogP contribution is 2.31. The van der Waals surface area contributed by atoms with Gasteiger partial charge in [0.15, 0.2) is 16.6 Å². The van der Waals surface area contributed by atoms with E-state index in [1.807, 2.05) is 36.4 Å². The highest BCUT2D eigenvalue weighted by molar-refractivity contribution is 7.14. The Labute approximate surface area is 139 Å². The summed E-state index contributed by atoms with van der Waals surface area (Å²) >= 11 is 1.59. The average molecular weight is 326 g/mol. The van der Waals surface area contributed by atoms with Crippen LogP contribution in [0.3, 0.4) is 0 Å². The lowest BCUT2D eigenvalue weighted by Gasteiger charge is -2.12. The van der Waals surface area contributed by atoms with Crippen molar-refractivity contribution < 1.29 is 9.47 Å². The Morgan fingerprint density at radius 2 is 1.83 bits per heavy atom. The van der Waals surface area contributed by atoms with Crippen LogP contribution in [0.1, 0.15) is 5.56 Å². The highest BCUT2D eigenvalue weighted by Gasteiger charge is 2.10. The number of hydrogen-bond donors (Lipinski definition) is 1. The van der Waals surface area contributed by atoms with E-state index in [-0.39, 0.29) is 0 Å². The fourth-order valence-electron chi connectivity index (χ4n) is 2.36. The first-order chi connectivity index (χ1) is 11.3. The van der Waals surface area contributed by atoms with Crippen LogP contribution in [0.5, 0.6) is 11.5 Å². The van der Waals surface area contributed by atoms with Gasteiger partial charge in [-0.2, -0.15) is 0 Å². The average Bonchev–Trinajstić information content (AvgIpc) is 3.09. The molecule has 0 amide bonds. The van der Waals surface area contributed by atoms with Crippen molar-refractivity contribution in [3.8, 4) is 22.8 Å². The topological polar surface area (TPSA) is 43.4 Å². The minimum Gasteiger partial charge on any atom is -0.493 e. The summed E-state index contributed by atoms with van der Waals surface area (Å²) in [7, 11) is 3.29. The summed E-state index contributed by atoms with van der Waals surface area (Å²) in [4.78, 5) is 4.63. The molecular formula is C18H18N2O2S. The number of hydrogen-bond acceptors (Lipinski definition) is 5. The molecule has 0 saturated heterocycles. The molecule has 1 aromatic heterocycles. The van der Waals surface area contributed by atoms with Crippen molar-refractivity contribution in [1.29, 1.82) is 0 Å². The van der Waals surface area contributed by atoms with Crippen molar-refractivity contribution >= 4 is 16.5 Å². The van der Waals surface area contributed by atoms with E-state index in [2.05, 4.69) is 27.8 Å². The molecule has 23 heavy (non-hydrogen) atoms. The number of thiazole rings is 1. The number of rotatable bonds is 6. The predicted molar refractivity (Wildman–Crippen MR) is 94.4 cm³/mol. The number of benzene rings is 2. The minimum atomic E-state index is 0.627. The fraction of sp³-hybridized carbons (Fsp3) is 0.167.